The zero-order valence-electron chi connectivity index (χ0n) is 43.2. The molecule has 2 aliphatic carbocycles. The van der Waals surface area contributed by atoms with Crippen molar-refractivity contribution >= 4 is 59.1 Å². The number of rotatable bonds is 25. The molecule has 0 spiro atoms. The summed E-state index contributed by atoms with van der Waals surface area (Å²) in [5, 5.41) is 48.7. The number of amides is 9. The first-order chi connectivity index (χ1) is 35.8. The standard InChI is InChI=1S/C51H80N12O12/c1-28(44(53)68)56-47(71)34-26-54-23-20-38(34)59-49(73)40(13-7-8-22-52)61-46(70)33-10-4-6-12-37(33)58-51(75)42(25-30-14-16-31(65)17-15-30)63-48(72)35-27-55-24-21-39(35)60-50(74)41(18-19-43(66)67)62-45(69)32-9-3-5-11-36(32)57-29(2)64/h14-17,28,32-42,54-55,65H,3-13,18-27,52H2,1-2H3,(H2,53,68)(H,56,71)(H,57,64)(H,58,75)(H,59,73)(H,60,74)(H,61,70)(H,62,69)(H,63,72)(H,66,67)/t28-,32?,33?,34?,35?,36?,37?,38?,39?,40-,41-,42-/m1/s1. The first kappa shape index (κ1) is 59.5. The van der Waals surface area contributed by atoms with Crippen LogP contribution >= 0.6 is 0 Å². The number of carbonyl (C=O) groups excluding carboxylic acids is 9. The molecule has 16 N–H and O–H groups in total. The zero-order valence-corrected chi connectivity index (χ0v) is 43.2. The van der Waals surface area contributed by atoms with E-state index in [2.05, 4.69) is 53.2 Å². The number of nitrogens with two attached hydrogens (primary N) is 2. The van der Waals surface area contributed by atoms with E-state index in [1.807, 2.05) is 0 Å². The molecule has 75 heavy (non-hydrogen) atoms. The minimum Gasteiger partial charge on any atom is -0.508 e. The van der Waals surface area contributed by atoms with Gasteiger partial charge in [-0.1, -0.05) is 37.8 Å². The van der Waals surface area contributed by atoms with E-state index in [9.17, 15) is 58.2 Å². The lowest BCUT2D eigenvalue weighted by atomic mass is 9.83. The van der Waals surface area contributed by atoms with E-state index in [1.54, 1.807) is 12.1 Å². The number of primary amides is 1. The van der Waals surface area contributed by atoms with E-state index in [4.69, 9.17) is 11.5 Å². The Balaban J connectivity index is 1.30. The number of hydrogen-bond donors (Lipinski definition) is 14. The SMILES string of the molecule is CC(=O)NC1CCCCC1C(=O)N[C@H](CCC(=O)O)C(=O)NC1CCNCC1C(=O)N[C@H](Cc1ccc(O)cc1)C(=O)NC1CCCCC1C(=O)N[C@H](CCCCN)C(=O)NC1CCNCC1C(=O)N[C@H](C)C(N)=O. The van der Waals surface area contributed by atoms with Gasteiger partial charge in [-0.25, -0.2) is 0 Å². The summed E-state index contributed by atoms with van der Waals surface area (Å²) in [7, 11) is 0. The smallest absolute Gasteiger partial charge is 0.303 e. The van der Waals surface area contributed by atoms with Crippen LogP contribution < -0.4 is 64.6 Å². The lowest BCUT2D eigenvalue weighted by Crippen LogP contribution is -2.61. The Kier molecular flexibility index (Phi) is 23.5. The Morgan fingerprint density at radius 2 is 1.03 bits per heavy atom. The van der Waals surface area contributed by atoms with Crippen LogP contribution in [0.15, 0.2) is 24.3 Å². The molecule has 2 saturated carbocycles. The summed E-state index contributed by atoms with van der Waals surface area (Å²) >= 11 is 0. The molecule has 5 rings (SSSR count). The third kappa shape index (κ3) is 18.4. The van der Waals surface area contributed by atoms with Gasteiger partial charge in [-0.2, -0.15) is 0 Å². The van der Waals surface area contributed by atoms with Crippen LogP contribution in [0.25, 0.3) is 0 Å². The van der Waals surface area contributed by atoms with Gasteiger partial charge in [0.15, 0.2) is 0 Å². The lowest BCUT2D eigenvalue weighted by Gasteiger charge is -2.36. The number of hydrogen-bond acceptors (Lipinski definition) is 14. The van der Waals surface area contributed by atoms with Crippen molar-refractivity contribution in [1.82, 2.24) is 53.2 Å². The average molecular weight is 1050 g/mol. The van der Waals surface area contributed by atoms with Crippen molar-refractivity contribution in [1.29, 1.82) is 0 Å². The van der Waals surface area contributed by atoms with E-state index in [0.29, 0.717) is 83.0 Å². The second-order valence-corrected chi connectivity index (χ2v) is 20.5. The average Bonchev–Trinajstić information content (AvgIpc) is 3.37. The minimum atomic E-state index is -1.27. The molecule has 2 heterocycles. The molecule has 0 bridgehead atoms. The van der Waals surface area contributed by atoms with E-state index >= 15 is 0 Å². The highest BCUT2D eigenvalue weighted by Gasteiger charge is 2.41. The predicted octanol–water partition coefficient (Wildman–Crippen LogP) is -2.07. The van der Waals surface area contributed by atoms with Crippen molar-refractivity contribution in [2.45, 2.75) is 165 Å². The molecule has 1 aromatic carbocycles. The molecule has 4 fully saturated rings. The first-order valence-electron chi connectivity index (χ1n) is 26.6. The van der Waals surface area contributed by atoms with Gasteiger partial charge in [-0.05, 0) is 108 Å². The summed E-state index contributed by atoms with van der Waals surface area (Å²) in [6.07, 6.45) is 6.05. The van der Waals surface area contributed by atoms with Crippen LogP contribution in [0.1, 0.15) is 116 Å². The fourth-order valence-corrected chi connectivity index (χ4v) is 10.6. The molecule has 4 aliphatic rings. The molecule has 12 atom stereocenters. The van der Waals surface area contributed by atoms with Gasteiger partial charge in [0.1, 0.15) is 29.9 Å². The largest absolute Gasteiger partial charge is 0.508 e. The summed E-state index contributed by atoms with van der Waals surface area (Å²) in [6.45, 7) is 4.45. The number of unbranched alkanes of at least 4 members (excludes halogenated alkanes) is 1. The van der Waals surface area contributed by atoms with E-state index in [0.717, 1.165) is 12.8 Å². The highest BCUT2D eigenvalue weighted by Crippen LogP contribution is 2.27. The molecule has 416 valence electrons. The summed E-state index contributed by atoms with van der Waals surface area (Å²) in [5.74, 6) is -9.02. The first-order valence-corrected chi connectivity index (χ1v) is 26.6. The number of carbonyl (C=O) groups is 10. The maximum atomic E-state index is 14.5. The number of aromatic hydroxyl groups is 1. The normalized spacial score (nSPS) is 25.3. The maximum Gasteiger partial charge on any atom is 0.303 e. The molecular weight excluding hydrogens is 973 g/mol. The number of phenols is 1. The quantitative estimate of drug-likeness (QED) is 0.0468. The number of phenolic OH excluding ortho intramolecular Hbond substituents is 1. The lowest BCUT2D eigenvalue weighted by molar-refractivity contribution is -0.139. The van der Waals surface area contributed by atoms with E-state index in [1.165, 1.54) is 26.0 Å². The number of aliphatic carboxylic acids is 1. The number of nitrogens with one attached hydrogen (secondary N) is 10. The van der Waals surface area contributed by atoms with Gasteiger partial charge in [0.05, 0.1) is 23.7 Å². The van der Waals surface area contributed by atoms with Crippen LogP contribution in [0.2, 0.25) is 0 Å². The zero-order chi connectivity index (χ0) is 54.6. The van der Waals surface area contributed by atoms with Gasteiger partial charge < -0.3 is 74.8 Å². The summed E-state index contributed by atoms with van der Waals surface area (Å²) in [6, 6.07) is -0.866. The number of benzene rings is 1. The van der Waals surface area contributed by atoms with Gasteiger partial charge in [-0.3, -0.25) is 47.9 Å². The molecule has 1 aromatic rings. The van der Waals surface area contributed by atoms with Crippen molar-refractivity contribution in [3.8, 4) is 5.75 Å². The Labute approximate surface area is 437 Å². The van der Waals surface area contributed by atoms with Crippen molar-refractivity contribution < 1.29 is 58.2 Å². The van der Waals surface area contributed by atoms with Crippen molar-refractivity contribution in [3.63, 3.8) is 0 Å². The second-order valence-electron chi connectivity index (χ2n) is 20.5. The molecule has 9 amide bonds. The molecule has 2 saturated heterocycles. The van der Waals surface area contributed by atoms with Crippen LogP contribution in [0.5, 0.6) is 5.75 Å². The van der Waals surface area contributed by atoms with Gasteiger partial charge in [0.2, 0.25) is 53.2 Å². The van der Waals surface area contributed by atoms with Gasteiger partial charge in [-0.15, -0.1) is 0 Å². The summed E-state index contributed by atoms with van der Waals surface area (Å²) in [5.41, 5.74) is 11.7. The van der Waals surface area contributed by atoms with E-state index in [-0.39, 0.29) is 50.4 Å². The Hall–Kier alpha value is -6.40. The molecule has 2 aliphatic heterocycles. The third-order valence-electron chi connectivity index (χ3n) is 14.9. The summed E-state index contributed by atoms with van der Waals surface area (Å²) < 4.78 is 0. The highest BCUT2D eigenvalue weighted by molar-refractivity contribution is 5.93. The van der Waals surface area contributed by atoms with Crippen LogP contribution in [-0.4, -0.2) is 150 Å². The number of carboxylic acids is 1. The Morgan fingerprint density at radius 1 is 0.587 bits per heavy atom. The molecule has 24 nitrogen and oxygen atoms in total. The number of piperidine rings is 2. The van der Waals surface area contributed by atoms with Crippen molar-refractivity contribution in [3.05, 3.63) is 29.8 Å². The van der Waals surface area contributed by atoms with Crippen LogP contribution in [0, 0.1) is 23.7 Å². The fourth-order valence-electron chi connectivity index (χ4n) is 10.6. The molecule has 0 radical (unpaired) electrons. The van der Waals surface area contributed by atoms with Crippen molar-refractivity contribution in [2.24, 2.45) is 35.1 Å². The predicted molar refractivity (Wildman–Crippen MR) is 273 cm³/mol. The minimum absolute atomic E-state index is 0.0123. The molecule has 0 aromatic heterocycles. The highest BCUT2D eigenvalue weighted by atomic mass is 16.4. The van der Waals surface area contributed by atoms with Gasteiger partial charge >= 0.3 is 5.97 Å². The monoisotopic (exact) mass is 1050 g/mol. The fraction of sp³-hybridized carbons (Fsp3) is 0.686. The molecule has 24 heteroatoms. The van der Waals surface area contributed by atoms with E-state index < -0.39 is 132 Å². The van der Waals surface area contributed by atoms with Crippen LogP contribution in [0.3, 0.4) is 0 Å². The molecular formula is C51H80N12O12. The van der Waals surface area contributed by atoms with Crippen molar-refractivity contribution in [2.75, 3.05) is 32.7 Å². The topological polar surface area (TPSA) is 383 Å². The van der Waals surface area contributed by atoms with Crippen LogP contribution in [-0.2, 0) is 54.4 Å². The summed E-state index contributed by atoms with van der Waals surface area (Å²) in [4.78, 5) is 133. The van der Waals surface area contributed by atoms with Crippen LogP contribution in [0.4, 0.5) is 0 Å². The maximum absolute atomic E-state index is 14.5. The van der Waals surface area contributed by atoms with Gasteiger partial charge in [0.25, 0.3) is 0 Å². The number of carboxylic acid groups (broad SMARTS) is 1. The van der Waals surface area contributed by atoms with Gasteiger partial charge in [0, 0.05) is 57.0 Å². The molecule has 8 unspecified atom stereocenters. The second kappa shape index (κ2) is 29.6. The third-order valence-corrected chi connectivity index (χ3v) is 14.9. The Morgan fingerprint density at radius 3 is 1.52 bits per heavy atom. The Bertz CT molecular complexity index is 2170.